The Kier molecular flexibility index (Phi) is 5.31. The lowest BCUT2D eigenvalue weighted by Gasteiger charge is -2.13. The van der Waals surface area contributed by atoms with Gasteiger partial charge in [-0.05, 0) is 24.0 Å². The molecule has 0 heterocycles. The molecule has 0 amide bonds. The minimum atomic E-state index is -4.21. The summed E-state index contributed by atoms with van der Waals surface area (Å²) in [5.74, 6) is 0. The molecule has 1 unspecified atom stereocenters. The Morgan fingerprint density at radius 1 is 1.18 bits per heavy atom. The van der Waals surface area contributed by atoms with Crippen molar-refractivity contribution in [3.63, 3.8) is 0 Å². The Morgan fingerprint density at radius 2 is 1.76 bits per heavy atom. The van der Waals surface area contributed by atoms with E-state index in [4.69, 9.17) is 11.6 Å². The van der Waals surface area contributed by atoms with Crippen molar-refractivity contribution in [2.45, 2.75) is 44.2 Å². The SMILES string of the molecule is CCCCc1ccc(C(Cl)CC(F)(F)F)cc1. The Morgan fingerprint density at radius 3 is 2.24 bits per heavy atom. The van der Waals surface area contributed by atoms with Crippen LogP contribution >= 0.6 is 11.6 Å². The fourth-order valence-electron chi connectivity index (χ4n) is 1.60. The maximum atomic E-state index is 12.2. The minimum Gasteiger partial charge on any atom is -0.171 e. The first kappa shape index (κ1) is 14.4. The molecule has 0 N–H and O–H groups in total. The van der Waals surface area contributed by atoms with E-state index in [1.54, 1.807) is 12.1 Å². The molecule has 1 rings (SSSR count). The van der Waals surface area contributed by atoms with Crippen LogP contribution in [0.1, 0.15) is 42.7 Å². The van der Waals surface area contributed by atoms with Crippen molar-refractivity contribution in [2.24, 2.45) is 0 Å². The van der Waals surface area contributed by atoms with Crippen LogP contribution in [0.3, 0.4) is 0 Å². The molecule has 4 heteroatoms. The van der Waals surface area contributed by atoms with E-state index in [0.29, 0.717) is 5.56 Å². The molecule has 1 aromatic carbocycles. The van der Waals surface area contributed by atoms with Crippen LogP contribution in [0.2, 0.25) is 0 Å². The highest BCUT2D eigenvalue weighted by molar-refractivity contribution is 6.20. The normalized spacial score (nSPS) is 13.7. The van der Waals surface area contributed by atoms with Crippen molar-refractivity contribution >= 4 is 11.6 Å². The molecule has 0 saturated heterocycles. The molecule has 0 aromatic heterocycles. The van der Waals surface area contributed by atoms with Gasteiger partial charge in [0.05, 0.1) is 11.8 Å². The molecule has 0 fully saturated rings. The Bertz CT molecular complexity index is 330. The molecule has 1 atom stereocenters. The fraction of sp³-hybridized carbons (Fsp3) is 0.538. The quantitative estimate of drug-likeness (QED) is 0.636. The van der Waals surface area contributed by atoms with Crippen LogP contribution in [0.25, 0.3) is 0 Å². The van der Waals surface area contributed by atoms with E-state index in [0.717, 1.165) is 24.8 Å². The summed E-state index contributed by atoms with van der Waals surface area (Å²) < 4.78 is 36.5. The van der Waals surface area contributed by atoms with Crippen LogP contribution in [-0.2, 0) is 6.42 Å². The van der Waals surface area contributed by atoms with Crippen molar-refractivity contribution in [1.82, 2.24) is 0 Å². The predicted molar refractivity (Wildman–Crippen MR) is 64.3 cm³/mol. The van der Waals surface area contributed by atoms with Gasteiger partial charge in [-0.25, -0.2) is 0 Å². The third-order valence-electron chi connectivity index (χ3n) is 2.57. The smallest absolute Gasteiger partial charge is 0.171 e. The number of rotatable bonds is 5. The Balaban J connectivity index is 2.60. The average molecular weight is 265 g/mol. The molecule has 0 spiro atoms. The molecule has 0 radical (unpaired) electrons. The highest BCUT2D eigenvalue weighted by atomic mass is 35.5. The highest BCUT2D eigenvalue weighted by Crippen LogP contribution is 2.33. The van der Waals surface area contributed by atoms with Gasteiger partial charge in [-0.1, -0.05) is 37.6 Å². The van der Waals surface area contributed by atoms with Gasteiger partial charge in [0.2, 0.25) is 0 Å². The van der Waals surface area contributed by atoms with Gasteiger partial charge in [-0.2, -0.15) is 13.2 Å². The van der Waals surface area contributed by atoms with E-state index in [1.807, 2.05) is 12.1 Å². The zero-order valence-corrected chi connectivity index (χ0v) is 10.5. The van der Waals surface area contributed by atoms with Crippen molar-refractivity contribution in [1.29, 1.82) is 0 Å². The van der Waals surface area contributed by atoms with Crippen LogP contribution in [0, 0.1) is 0 Å². The molecule has 0 aliphatic rings. The fourth-order valence-corrected chi connectivity index (χ4v) is 1.92. The van der Waals surface area contributed by atoms with Crippen LogP contribution in [0.15, 0.2) is 24.3 Å². The topological polar surface area (TPSA) is 0 Å². The third-order valence-corrected chi connectivity index (χ3v) is 2.98. The monoisotopic (exact) mass is 264 g/mol. The van der Waals surface area contributed by atoms with Gasteiger partial charge in [0, 0.05) is 0 Å². The van der Waals surface area contributed by atoms with E-state index in [2.05, 4.69) is 6.92 Å². The van der Waals surface area contributed by atoms with Crippen molar-refractivity contribution < 1.29 is 13.2 Å². The zero-order chi connectivity index (χ0) is 12.9. The van der Waals surface area contributed by atoms with Crippen molar-refractivity contribution in [3.8, 4) is 0 Å². The summed E-state index contributed by atoms with van der Waals surface area (Å²) in [7, 11) is 0. The lowest BCUT2D eigenvalue weighted by Crippen LogP contribution is -2.10. The number of unbranched alkanes of at least 4 members (excludes halogenated alkanes) is 1. The van der Waals surface area contributed by atoms with Gasteiger partial charge >= 0.3 is 6.18 Å². The molecule has 0 aliphatic heterocycles. The van der Waals surface area contributed by atoms with Gasteiger partial charge in [0.25, 0.3) is 0 Å². The molecule has 96 valence electrons. The molecule has 0 bridgehead atoms. The summed E-state index contributed by atoms with van der Waals surface area (Å²) >= 11 is 5.73. The lowest BCUT2D eigenvalue weighted by atomic mass is 10.0. The summed E-state index contributed by atoms with van der Waals surface area (Å²) in [6.45, 7) is 2.10. The summed E-state index contributed by atoms with van der Waals surface area (Å²) in [6, 6.07) is 7.09. The number of alkyl halides is 4. The molecule has 0 aliphatic carbocycles. The molecular formula is C13H16ClF3. The second-order valence-electron chi connectivity index (χ2n) is 4.13. The molecule has 0 nitrogen and oxygen atoms in total. The van der Waals surface area contributed by atoms with Gasteiger partial charge in [0.1, 0.15) is 0 Å². The average Bonchev–Trinajstić information content (AvgIpc) is 2.24. The van der Waals surface area contributed by atoms with E-state index in [-0.39, 0.29) is 0 Å². The van der Waals surface area contributed by atoms with Gasteiger partial charge in [-0.3, -0.25) is 0 Å². The molecule has 0 saturated carbocycles. The summed E-state index contributed by atoms with van der Waals surface area (Å²) in [4.78, 5) is 0. The van der Waals surface area contributed by atoms with E-state index < -0.39 is 18.0 Å². The maximum Gasteiger partial charge on any atom is 0.390 e. The third kappa shape index (κ3) is 5.44. The first-order chi connectivity index (χ1) is 7.92. The number of halogens is 4. The van der Waals surface area contributed by atoms with E-state index in [9.17, 15) is 13.2 Å². The van der Waals surface area contributed by atoms with Gasteiger partial charge < -0.3 is 0 Å². The highest BCUT2D eigenvalue weighted by Gasteiger charge is 2.31. The Labute approximate surface area is 105 Å². The summed E-state index contributed by atoms with van der Waals surface area (Å²) in [5.41, 5.74) is 1.68. The van der Waals surface area contributed by atoms with Gasteiger partial charge in [-0.15, -0.1) is 11.6 Å². The number of benzene rings is 1. The van der Waals surface area contributed by atoms with Crippen LogP contribution in [0.5, 0.6) is 0 Å². The zero-order valence-electron chi connectivity index (χ0n) is 9.73. The molecule has 1 aromatic rings. The standard InChI is InChI=1S/C13H16ClF3/c1-2-3-4-10-5-7-11(8-6-10)12(14)9-13(15,16)17/h5-8,12H,2-4,9H2,1H3. The van der Waals surface area contributed by atoms with Crippen LogP contribution < -0.4 is 0 Å². The second kappa shape index (κ2) is 6.29. The number of hydrogen-bond donors (Lipinski definition) is 0. The second-order valence-corrected chi connectivity index (χ2v) is 4.66. The van der Waals surface area contributed by atoms with Crippen LogP contribution in [-0.4, -0.2) is 6.18 Å². The molecular weight excluding hydrogens is 249 g/mol. The first-order valence-corrected chi connectivity index (χ1v) is 6.15. The van der Waals surface area contributed by atoms with Crippen molar-refractivity contribution in [2.75, 3.05) is 0 Å². The minimum absolute atomic E-state index is 0.532. The predicted octanol–water partition coefficient (Wildman–Crippen LogP) is 5.26. The Hall–Kier alpha value is -0.700. The summed E-state index contributed by atoms with van der Waals surface area (Å²) in [6.07, 6.45) is -2.04. The van der Waals surface area contributed by atoms with E-state index >= 15 is 0 Å². The van der Waals surface area contributed by atoms with Gasteiger partial charge in [0.15, 0.2) is 0 Å². The maximum absolute atomic E-state index is 12.2. The number of hydrogen-bond acceptors (Lipinski definition) is 0. The lowest BCUT2D eigenvalue weighted by molar-refractivity contribution is -0.134. The first-order valence-electron chi connectivity index (χ1n) is 5.72. The molecule has 17 heavy (non-hydrogen) atoms. The largest absolute Gasteiger partial charge is 0.390 e. The summed E-state index contributed by atoms with van der Waals surface area (Å²) in [5, 5.41) is -0.991. The number of aryl methyl sites for hydroxylation is 1. The van der Waals surface area contributed by atoms with Crippen molar-refractivity contribution in [3.05, 3.63) is 35.4 Å². The van der Waals surface area contributed by atoms with E-state index in [1.165, 1.54) is 0 Å². The van der Waals surface area contributed by atoms with Crippen LogP contribution in [0.4, 0.5) is 13.2 Å².